The fourth-order valence-electron chi connectivity index (χ4n) is 1.29. The van der Waals surface area contributed by atoms with Crippen LogP contribution in [0.5, 0.6) is 0 Å². The van der Waals surface area contributed by atoms with Gasteiger partial charge < -0.3 is 15.2 Å². The molecular formula is C12H20N2O3S. The lowest BCUT2D eigenvalue weighted by atomic mass is 10.2. The molecule has 0 aromatic carbocycles. The zero-order chi connectivity index (χ0) is 13.4. The van der Waals surface area contributed by atoms with Crippen molar-refractivity contribution in [1.82, 2.24) is 10.3 Å². The van der Waals surface area contributed by atoms with E-state index in [1.165, 1.54) is 11.3 Å². The van der Waals surface area contributed by atoms with Gasteiger partial charge in [-0.25, -0.2) is 4.98 Å². The monoisotopic (exact) mass is 272 g/mol. The van der Waals surface area contributed by atoms with E-state index >= 15 is 0 Å². The summed E-state index contributed by atoms with van der Waals surface area (Å²) >= 11 is 1.43. The highest BCUT2D eigenvalue weighted by molar-refractivity contribution is 7.13. The van der Waals surface area contributed by atoms with Gasteiger partial charge in [0.1, 0.15) is 4.88 Å². The molecule has 1 amide bonds. The Labute approximate surface area is 111 Å². The van der Waals surface area contributed by atoms with Gasteiger partial charge in [-0.15, -0.1) is 11.3 Å². The second kappa shape index (κ2) is 8.18. The third-order valence-corrected chi connectivity index (χ3v) is 3.52. The molecule has 0 aliphatic heterocycles. The largest absolute Gasteiger partial charge is 0.394 e. The highest BCUT2D eigenvalue weighted by Crippen LogP contribution is 2.20. The van der Waals surface area contributed by atoms with Gasteiger partial charge in [0.2, 0.25) is 0 Å². The van der Waals surface area contributed by atoms with Crippen molar-refractivity contribution < 1.29 is 14.6 Å². The zero-order valence-electron chi connectivity index (χ0n) is 10.8. The van der Waals surface area contributed by atoms with Crippen molar-refractivity contribution in [2.75, 3.05) is 26.4 Å². The van der Waals surface area contributed by atoms with Crippen molar-refractivity contribution in [3.63, 3.8) is 0 Å². The van der Waals surface area contributed by atoms with Gasteiger partial charge in [0.25, 0.3) is 5.91 Å². The van der Waals surface area contributed by atoms with Crippen LogP contribution in [-0.4, -0.2) is 42.4 Å². The van der Waals surface area contributed by atoms with Gasteiger partial charge in [0, 0.05) is 19.1 Å². The summed E-state index contributed by atoms with van der Waals surface area (Å²) in [6.07, 6.45) is 2.36. The van der Waals surface area contributed by atoms with Crippen LogP contribution in [0.3, 0.4) is 0 Å². The van der Waals surface area contributed by atoms with E-state index in [1.54, 1.807) is 6.20 Å². The van der Waals surface area contributed by atoms with Crippen LogP contribution in [0.4, 0.5) is 0 Å². The van der Waals surface area contributed by atoms with E-state index in [0.29, 0.717) is 30.6 Å². The number of aromatic nitrogens is 1. The summed E-state index contributed by atoms with van der Waals surface area (Å²) in [5.41, 5.74) is 0. The Balaban J connectivity index is 2.23. The van der Waals surface area contributed by atoms with Crippen molar-refractivity contribution in [2.24, 2.45) is 0 Å². The van der Waals surface area contributed by atoms with E-state index in [1.807, 2.05) is 0 Å². The van der Waals surface area contributed by atoms with Crippen molar-refractivity contribution >= 4 is 17.2 Å². The van der Waals surface area contributed by atoms with Crippen molar-refractivity contribution in [3.05, 3.63) is 16.1 Å². The fraction of sp³-hybridized carbons (Fsp3) is 0.667. The summed E-state index contributed by atoms with van der Waals surface area (Å²) in [5.74, 6) is 0.269. The average Bonchev–Trinajstić information content (AvgIpc) is 2.83. The first kappa shape index (κ1) is 15.1. The van der Waals surface area contributed by atoms with Crippen LogP contribution in [-0.2, 0) is 4.74 Å². The lowest BCUT2D eigenvalue weighted by Gasteiger charge is -2.04. The minimum absolute atomic E-state index is 0.0329. The second-order valence-electron chi connectivity index (χ2n) is 4.16. The van der Waals surface area contributed by atoms with Gasteiger partial charge >= 0.3 is 0 Å². The molecule has 0 bridgehead atoms. The minimum atomic E-state index is -0.0819. The molecule has 0 spiro atoms. The number of amides is 1. The summed E-state index contributed by atoms with van der Waals surface area (Å²) in [4.78, 5) is 16.6. The first-order valence-electron chi connectivity index (χ1n) is 6.07. The highest BCUT2D eigenvalue weighted by atomic mass is 32.1. The Kier molecular flexibility index (Phi) is 6.85. The molecule has 1 heterocycles. The van der Waals surface area contributed by atoms with Gasteiger partial charge in [-0.05, 0) is 6.42 Å². The number of nitrogens with zero attached hydrogens (tertiary/aromatic N) is 1. The highest BCUT2D eigenvalue weighted by Gasteiger charge is 2.11. The predicted molar refractivity (Wildman–Crippen MR) is 71.1 cm³/mol. The fourth-order valence-corrected chi connectivity index (χ4v) is 2.13. The van der Waals surface area contributed by atoms with Crippen LogP contribution in [0.2, 0.25) is 0 Å². The van der Waals surface area contributed by atoms with Gasteiger partial charge in [0.05, 0.1) is 24.4 Å². The van der Waals surface area contributed by atoms with Crippen LogP contribution < -0.4 is 5.32 Å². The number of aliphatic hydroxyl groups is 1. The Bertz CT molecular complexity index is 366. The van der Waals surface area contributed by atoms with E-state index in [-0.39, 0.29) is 12.5 Å². The molecule has 0 saturated heterocycles. The molecule has 0 radical (unpaired) electrons. The summed E-state index contributed by atoms with van der Waals surface area (Å²) in [6, 6.07) is 0. The van der Waals surface area contributed by atoms with E-state index in [2.05, 4.69) is 24.1 Å². The zero-order valence-corrected chi connectivity index (χ0v) is 11.6. The van der Waals surface area contributed by atoms with E-state index in [4.69, 9.17) is 9.84 Å². The Hall–Kier alpha value is -0.980. The maximum Gasteiger partial charge on any atom is 0.263 e. The molecule has 0 atom stereocenters. The second-order valence-corrected chi connectivity index (χ2v) is 5.23. The molecule has 0 unspecified atom stereocenters. The normalized spacial score (nSPS) is 10.9. The first-order chi connectivity index (χ1) is 8.65. The molecule has 6 heteroatoms. The standard InChI is InChI=1S/C12H20N2O3S/c1-9(2)12-14-8-10(18-12)11(16)13-4-3-6-17-7-5-15/h8-9,15H,3-7H2,1-2H3,(H,13,16). The molecule has 2 N–H and O–H groups in total. The molecule has 1 rings (SSSR count). The molecule has 1 aromatic rings. The number of aliphatic hydroxyl groups excluding tert-OH is 1. The first-order valence-corrected chi connectivity index (χ1v) is 6.89. The smallest absolute Gasteiger partial charge is 0.263 e. The van der Waals surface area contributed by atoms with E-state index in [9.17, 15) is 4.79 Å². The summed E-state index contributed by atoms with van der Waals surface area (Å²) < 4.78 is 5.09. The van der Waals surface area contributed by atoms with Crippen LogP contribution in [0.25, 0.3) is 0 Å². The Morgan fingerprint density at radius 3 is 2.94 bits per heavy atom. The number of carbonyl (C=O) groups excluding carboxylic acids is 1. The number of hydrogen-bond donors (Lipinski definition) is 2. The summed E-state index contributed by atoms with van der Waals surface area (Å²) in [5, 5.41) is 12.3. The van der Waals surface area contributed by atoms with Crippen LogP contribution >= 0.6 is 11.3 Å². The van der Waals surface area contributed by atoms with Gasteiger partial charge in [-0.2, -0.15) is 0 Å². The average molecular weight is 272 g/mol. The number of hydrogen-bond acceptors (Lipinski definition) is 5. The number of rotatable bonds is 8. The quantitative estimate of drug-likeness (QED) is 0.702. The minimum Gasteiger partial charge on any atom is -0.394 e. The molecule has 0 fully saturated rings. The SMILES string of the molecule is CC(C)c1ncc(C(=O)NCCCOCCO)s1. The Morgan fingerprint density at radius 1 is 1.56 bits per heavy atom. The van der Waals surface area contributed by atoms with Gasteiger partial charge in [-0.1, -0.05) is 13.8 Å². The maximum absolute atomic E-state index is 11.7. The molecule has 102 valence electrons. The van der Waals surface area contributed by atoms with E-state index < -0.39 is 0 Å². The summed E-state index contributed by atoms with van der Waals surface area (Å²) in [6.45, 7) is 5.60. The topological polar surface area (TPSA) is 71.5 Å². The Morgan fingerprint density at radius 2 is 2.33 bits per heavy atom. The molecule has 1 aromatic heterocycles. The molecule has 0 saturated carbocycles. The molecule has 0 aliphatic rings. The molecule has 0 aliphatic carbocycles. The molecule has 18 heavy (non-hydrogen) atoms. The van der Waals surface area contributed by atoms with Gasteiger partial charge in [-0.3, -0.25) is 4.79 Å². The lowest BCUT2D eigenvalue weighted by molar-refractivity contribution is 0.0869. The lowest BCUT2D eigenvalue weighted by Crippen LogP contribution is -2.24. The third-order valence-electron chi connectivity index (χ3n) is 2.23. The third kappa shape index (κ3) is 5.12. The number of nitrogens with one attached hydrogen (secondary N) is 1. The molecule has 5 nitrogen and oxygen atoms in total. The van der Waals surface area contributed by atoms with Gasteiger partial charge in [0.15, 0.2) is 0 Å². The van der Waals surface area contributed by atoms with Crippen LogP contribution in [0.15, 0.2) is 6.20 Å². The predicted octanol–water partition coefficient (Wildman–Crippen LogP) is 1.40. The number of ether oxygens (including phenoxy) is 1. The number of thiazole rings is 1. The van der Waals surface area contributed by atoms with Crippen LogP contribution in [0.1, 0.15) is 40.9 Å². The van der Waals surface area contributed by atoms with Crippen LogP contribution in [0, 0.1) is 0 Å². The van der Waals surface area contributed by atoms with E-state index in [0.717, 1.165) is 11.4 Å². The van der Waals surface area contributed by atoms with Crippen molar-refractivity contribution in [1.29, 1.82) is 0 Å². The van der Waals surface area contributed by atoms with Crippen molar-refractivity contribution in [2.45, 2.75) is 26.2 Å². The number of carbonyl (C=O) groups is 1. The van der Waals surface area contributed by atoms with Crippen molar-refractivity contribution in [3.8, 4) is 0 Å². The maximum atomic E-state index is 11.7. The molecular weight excluding hydrogens is 252 g/mol. The summed E-state index contributed by atoms with van der Waals surface area (Å²) in [7, 11) is 0.